The Morgan fingerprint density at radius 1 is 1.58 bits per heavy atom. The van der Waals surface area contributed by atoms with Crippen molar-refractivity contribution in [2.75, 3.05) is 13.6 Å². The van der Waals surface area contributed by atoms with E-state index in [2.05, 4.69) is 4.99 Å². The van der Waals surface area contributed by atoms with E-state index < -0.39 is 12.6 Å². The van der Waals surface area contributed by atoms with Crippen molar-refractivity contribution >= 4 is 6.34 Å². The van der Waals surface area contributed by atoms with Crippen molar-refractivity contribution in [2.45, 2.75) is 12.6 Å². The number of nitrogens with zero attached hydrogens (tertiary/aromatic N) is 2. The number of likely N-dealkylation sites (N-methyl/N-ethyl adjacent to an activating group) is 1. The van der Waals surface area contributed by atoms with Crippen molar-refractivity contribution in [3.05, 3.63) is 11.8 Å². The van der Waals surface area contributed by atoms with Gasteiger partial charge in [0.15, 0.2) is 0 Å². The number of hydrogen-bond acceptors (Lipinski definition) is 2. The number of aliphatic imine (C=N–C) groups is 1. The number of halogens is 3. The molecular weight excluding hydrogens is 169 g/mol. The van der Waals surface area contributed by atoms with Crippen LogP contribution in [0.2, 0.25) is 0 Å². The summed E-state index contributed by atoms with van der Waals surface area (Å²) in [5.41, 5.74) is 0.0978. The van der Waals surface area contributed by atoms with E-state index >= 15 is 0 Å². The van der Waals surface area contributed by atoms with Gasteiger partial charge in [-0.25, -0.2) is 4.99 Å². The minimum atomic E-state index is -4.15. The quantitative estimate of drug-likeness (QED) is 0.597. The van der Waals surface area contributed by atoms with Gasteiger partial charge in [0.2, 0.25) is 0 Å². The highest BCUT2D eigenvalue weighted by molar-refractivity contribution is 5.58. The zero-order valence-corrected chi connectivity index (χ0v) is 6.60. The van der Waals surface area contributed by atoms with Crippen molar-refractivity contribution < 1.29 is 13.2 Å². The van der Waals surface area contributed by atoms with Gasteiger partial charge in [0.1, 0.15) is 0 Å². The largest absolute Gasteiger partial charge is 0.394 e. The van der Waals surface area contributed by atoms with Crippen LogP contribution in [0.3, 0.4) is 0 Å². The standard InChI is InChI=1S/C7H9F3N2/c1-12-3-2-6(11-5-12)4-7(8,9)10/h2,5H,3-4H2,1H3. The second-order valence-electron chi connectivity index (χ2n) is 2.67. The average molecular weight is 178 g/mol. The van der Waals surface area contributed by atoms with Gasteiger partial charge in [0, 0.05) is 19.3 Å². The molecule has 1 aliphatic rings. The molecule has 1 aliphatic heterocycles. The highest BCUT2D eigenvalue weighted by Crippen LogP contribution is 2.25. The zero-order valence-electron chi connectivity index (χ0n) is 6.60. The van der Waals surface area contributed by atoms with Crippen molar-refractivity contribution in [3.8, 4) is 0 Å². The van der Waals surface area contributed by atoms with Gasteiger partial charge in [-0.1, -0.05) is 0 Å². The lowest BCUT2D eigenvalue weighted by Crippen LogP contribution is -2.20. The highest BCUT2D eigenvalue weighted by Gasteiger charge is 2.29. The van der Waals surface area contributed by atoms with Crippen LogP contribution in [0.4, 0.5) is 13.2 Å². The van der Waals surface area contributed by atoms with E-state index in [-0.39, 0.29) is 5.70 Å². The van der Waals surface area contributed by atoms with Crippen molar-refractivity contribution in [3.63, 3.8) is 0 Å². The maximum atomic E-state index is 11.8. The molecule has 0 aliphatic carbocycles. The molecule has 0 fully saturated rings. The Kier molecular flexibility index (Phi) is 2.40. The summed E-state index contributed by atoms with van der Waals surface area (Å²) in [6.45, 7) is 0.495. The maximum Gasteiger partial charge on any atom is 0.394 e. The van der Waals surface area contributed by atoms with Gasteiger partial charge in [-0.15, -0.1) is 0 Å². The van der Waals surface area contributed by atoms with E-state index in [1.165, 1.54) is 12.4 Å². The molecule has 0 saturated heterocycles. The average Bonchev–Trinajstić information content (AvgIpc) is 1.91. The summed E-state index contributed by atoms with van der Waals surface area (Å²) in [6, 6.07) is 0. The molecule has 0 aromatic carbocycles. The Morgan fingerprint density at radius 2 is 2.25 bits per heavy atom. The summed E-state index contributed by atoms with van der Waals surface area (Å²) in [5.74, 6) is 0. The minimum absolute atomic E-state index is 0.0978. The molecule has 68 valence electrons. The monoisotopic (exact) mass is 178 g/mol. The van der Waals surface area contributed by atoms with E-state index in [9.17, 15) is 13.2 Å². The van der Waals surface area contributed by atoms with Crippen molar-refractivity contribution in [2.24, 2.45) is 4.99 Å². The minimum Gasteiger partial charge on any atom is -0.362 e. The van der Waals surface area contributed by atoms with E-state index in [1.807, 2.05) is 0 Å². The molecule has 1 heterocycles. The lowest BCUT2D eigenvalue weighted by atomic mass is 10.2. The van der Waals surface area contributed by atoms with Crippen LogP contribution in [0.15, 0.2) is 16.8 Å². The molecule has 2 nitrogen and oxygen atoms in total. The lowest BCUT2D eigenvalue weighted by Gasteiger charge is -2.16. The molecule has 5 heteroatoms. The van der Waals surface area contributed by atoms with Crippen LogP contribution in [-0.4, -0.2) is 31.0 Å². The molecule has 0 aromatic rings. The number of rotatable bonds is 1. The fourth-order valence-corrected chi connectivity index (χ4v) is 0.845. The number of allylic oxidation sites excluding steroid dienone is 1. The van der Waals surface area contributed by atoms with Crippen molar-refractivity contribution in [1.29, 1.82) is 0 Å². The summed E-state index contributed by atoms with van der Waals surface area (Å²) in [7, 11) is 1.75. The van der Waals surface area contributed by atoms with Crippen LogP contribution in [0.1, 0.15) is 6.42 Å². The molecule has 0 saturated carbocycles. The molecule has 0 bridgehead atoms. The van der Waals surface area contributed by atoms with Crippen LogP contribution in [0.5, 0.6) is 0 Å². The fourth-order valence-electron chi connectivity index (χ4n) is 0.845. The van der Waals surface area contributed by atoms with E-state index in [0.717, 1.165) is 0 Å². The van der Waals surface area contributed by atoms with Crippen LogP contribution in [0.25, 0.3) is 0 Å². The predicted molar refractivity (Wildman–Crippen MR) is 39.9 cm³/mol. The summed E-state index contributed by atoms with van der Waals surface area (Å²) in [5, 5.41) is 0. The second-order valence-corrected chi connectivity index (χ2v) is 2.67. The molecule has 0 atom stereocenters. The third-order valence-electron chi connectivity index (χ3n) is 1.42. The molecule has 0 N–H and O–H groups in total. The first-order chi connectivity index (χ1) is 5.47. The van der Waals surface area contributed by atoms with E-state index in [1.54, 1.807) is 11.9 Å². The normalized spacial score (nSPS) is 18.0. The van der Waals surface area contributed by atoms with Gasteiger partial charge in [-0.05, 0) is 6.08 Å². The maximum absolute atomic E-state index is 11.8. The topological polar surface area (TPSA) is 15.6 Å². The molecule has 0 aromatic heterocycles. The van der Waals surface area contributed by atoms with Crippen LogP contribution in [-0.2, 0) is 0 Å². The van der Waals surface area contributed by atoms with Gasteiger partial charge < -0.3 is 4.90 Å². The SMILES string of the molecule is CN1C=NC(CC(F)(F)F)=CC1. The Balaban J connectivity index is 2.51. The van der Waals surface area contributed by atoms with Gasteiger partial charge in [-0.3, -0.25) is 0 Å². The van der Waals surface area contributed by atoms with Gasteiger partial charge in [0.25, 0.3) is 0 Å². The second kappa shape index (κ2) is 3.16. The molecule has 12 heavy (non-hydrogen) atoms. The Morgan fingerprint density at radius 3 is 2.67 bits per heavy atom. The zero-order chi connectivity index (χ0) is 9.19. The van der Waals surface area contributed by atoms with Gasteiger partial charge in [0.05, 0.1) is 12.8 Å². The summed E-state index contributed by atoms with van der Waals surface area (Å²) < 4.78 is 35.4. The summed E-state index contributed by atoms with van der Waals surface area (Å²) in [6.07, 6.45) is -2.20. The molecule has 0 spiro atoms. The molecule has 1 rings (SSSR count). The van der Waals surface area contributed by atoms with E-state index in [4.69, 9.17) is 0 Å². The Bertz CT molecular complexity index is 217. The summed E-state index contributed by atoms with van der Waals surface area (Å²) in [4.78, 5) is 5.35. The first-order valence-corrected chi connectivity index (χ1v) is 3.47. The number of hydrogen-bond donors (Lipinski definition) is 0. The molecule has 0 amide bonds. The highest BCUT2D eigenvalue weighted by atomic mass is 19.4. The Labute approximate surface area is 68.4 Å². The van der Waals surface area contributed by atoms with Gasteiger partial charge >= 0.3 is 6.18 Å². The first kappa shape index (κ1) is 9.09. The smallest absolute Gasteiger partial charge is 0.362 e. The predicted octanol–water partition coefficient (Wildman–Crippen LogP) is 1.80. The molecule has 0 unspecified atom stereocenters. The van der Waals surface area contributed by atoms with Gasteiger partial charge in [-0.2, -0.15) is 13.2 Å². The van der Waals surface area contributed by atoms with Crippen LogP contribution in [0, 0.1) is 0 Å². The van der Waals surface area contributed by atoms with E-state index in [0.29, 0.717) is 6.54 Å². The lowest BCUT2D eigenvalue weighted by molar-refractivity contribution is -0.127. The molecule has 0 radical (unpaired) electrons. The molecular formula is C7H9F3N2. The summed E-state index contributed by atoms with van der Waals surface area (Å²) >= 11 is 0. The van der Waals surface area contributed by atoms with Crippen molar-refractivity contribution in [1.82, 2.24) is 4.90 Å². The van der Waals surface area contributed by atoms with Crippen LogP contribution >= 0.6 is 0 Å². The fraction of sp³-hybridized carbons (Fsp3) is 0.571. The van der Waals surface area contributed by atoms with Crippen LogP contribution < -0.4 is 0 Å². The third kappa shape index (κ3) is 2.94. The third-order valence-corrected chi connectivity index (χ3v) is 1.42. The first-order valence-electron chi connectivity index (χ1n) is 3.47. The number of alkyl halides is 3. The Hall–Kier alpha value is -1.00.